The molecule has 0 aromatic heterocycles. The maximum absolute atomic E-state index is 13.9. The van der Waals surface area contributed by atoms with E-state index in [0.29, 0.717) is 38.0 Å². The van der Waals surface area contributed by atoms with Crippen molar-refractivity contribution >= 4 is 50.1 Å². The molecule has 1 aliphatic heterocycles. The first kappa shape index (κ1) is 28.6. The summed E-state index contributed by atoms with van der Waals surface area (Å²) in [7, 11) is 0. The van der Waals surface area contributed by atoms with Gasteiger partial charge in [0.2, 0.25) is 11.8 Å². The number of benzene rings is 4. The van der Waals surface area contributed by atoms with Crippen LogP contribution in [0.25, 0.3) is 10.8 Å². The third-order valence-corrected chi connectivity index (χ3v) is 8.04. The van der Waals surface area contributed by atoms with E-state index in [0.717, 1.165) is 38.5 Å². The molecule has 1 N–H and O–H groups in total. The molecule has 1 aliphatic rings. The Morgan fingerprint density at radius 3 is 2.37 bits per heavy atom. The average Bonchev–Trinajstić information content (AvgIpc) is 3.27. The van der Waals surface area contributed by atoms with Gasteiger partial charge in [0.05, 0.1) is 5.69 Å². The molecule has 4 aromatic carbocycles. The van der Waals surface area contributed by atoms with Crippen molar-refractivity contribution in [3.05, 3.63) is 112 Å². The van der Waals surface area contributed by atoms with Crippen LogP contribution in [0.3, 0.4) is 0 Å². The molecule has 6 nitrogen and oxygen atoms in total. The van der Waals surface area contributed by atoms with Crippen molar-refractivity contribution < 1.29 is 14.4 Å². The SMILES string of the molecule is CCCNC(=O)[C@@H](Cc1ccccc1)N(Cc1ccc(Br)cc1)C(=O)CCCN1C(=O)c2cccc3cccc1c23. The molecule has 0 saturated heterocycles. The Bertz CT molecular complexity index is 1530. The zero-order valence-corrected chi connectivity index (χ0v) is 24.8. The number of hydrogen-bond donors (Lipinski definition) is 1. The van der Waals surface area contributed by atoms with Crippen molar-refractivity contribution in [1.82, 2.24) is 10.2 Å². The van der Waals surface area contributed by atoms with Gasteiger partial charge in [0.1, 0.15) is 6.04 Å². The summed E-state index contributed by atoms with van der Waals surface area (Å²) < 4.78 is 0.951. The summed E-state index contributed by atoms with van der Waals surface area (Å²) >= 11 is 3.48. The highest BCUT2D eigenvalue weighted by Gasteiger charge is 2.32. The van der Waals surface area contributed by atoms with Crippen LogP contribution in [-0.4, -0.2) is 41.8 Å². The largest absolute Gasteiger partial charge is 0.354 e. The van der Waals surface area contributed by atoms with Crippen LogP contribution >= 0.6 is 15.9 Å². The standard InChI is InChI=1S/C34H34BrN3O3/c1-2-20-36-33(40)30(22-24-9-4-3-5-10-24)38(23-25-16-18-27(35)19-17-25)31(39)15-8-21-37-29-14-7-12-26-11-6-13-28(32(26)29)34(37)41/h3-7,9-14,16-19,30H,2,8,15,20-23H2,1H3,(H,36,40)/t30-/m1/s1. The van der Waals surface area contributed by atoms with Gasteiger partial charge in [0, 0.05) is 47.9 Å². The van der Waals surface area contributed by atoms with Gasteiger partial charge in [-0.15, -0.1) is 0 Å². The molecule has 210 valence electrons. The molecule has 0 fully saturated rings. The molecule has 0 bridgehead atoms. The molecule has 5 rings (SSSR count). The van der Waals surface area contributed by atoms with Crippen LogP contribution in [0.15, 0.2) is 95.5 Å². The second-order valence-corrected chi connectivity index (χ2v) is 11.3. The fraction of sp³-hybridized carbons (Fsp3) is 0.265. The van der Waals surface area contributed by atoms with E-state index in [9.17, 15) is 14.4 Å². The topological polar surface area (TPSA) is 69.7 Å². The van der Waals surface area contributed by atoms with Gasteiger partial charge in [0.25, 0.3) is 5.91 Å². The summed E-state index contributed by atoms with van der Waals surface area (Å²) in [6, 6.07) is 28.7. The predicted octanol–water partition coefficient (Wildman–Crippen LogP) is 6.51. The van der Waals surface area contributed by atoms with Gasteiger partial charge in [-0.3, -0.25) is 14.4 Å². The summed E-state index contributed by atoms with van der Waals surface area (Å²) in [6.07, 6.45) is 1.93. The van der Waals surface area contributed by atoms with E-state index in [1.165, 1.54) is 0 Å². The van der Waals surface area contributed by atoms with Gasteiger partial charge >= 0.3 is 0 Å². The Morgan fingerprint density at radius 2 is 1.63 bits per heavy atom. The molecule has 0 aliphatic carbocycles. The number of halogens is 1. The summed E-state index contributed by atoms with van der Waals surface area (Å²) in [5.41, 5.74) is 3.53. The minimum Gasteiger partial charge on any atom is -0.354 e. The highest BCUT2D eigenvalue weighted by atomic mass is 79.9. The summed E-state index contributed by atoms with van der Waals surface area (Å²) in [6.45, 7) is 3.30. The van der Waals surface area contributed by atoms with E-state index < -0.39 is 6.04 Å². The van der Waals surface area contributed by atoms with Gasteiger partial charge < -0.3 is 15.1 Å². The maximum atomic E-state index is 13.9. The molecule has 41 heavy (non-hydrogen) atoms. The van der Waals surface area contributed by atoms with Crippen LogP contribution in [0.2, 0.25) is 0 Å². The number of anilines is 1. The highest BCUT2D eigenvalue weighted by molar-refractivity contribution is 9.10. The predicted molar refractivity (Wildman–Crippen MR) is 167 cm³/mol. The number of carbonyl (C=O) groups excluding carboxylic acids is 3. The summed E-state index contributed by atoms with van der Waals surface area (Å²) in [5.74, 6) is -0.294. The second-order valence-electron chi connectivity index (χ2n) is 10.4. The molecule has 0 unspecified atom stereocenters. The fourth-order valence-electron chi connectivity index (χ4n) is 5.44. The number of nitrogens with zero attached hydrogens (tertiary/aromatic N) is 2. The van der Waals surface area contributed by atoms with Crippen molar-refractivity contribution in [2.24, 2.45) is 0 Å². The van der Waals surface area contributed by atoms with E-state index in [1.54, 1.807) is 9.80 Å². The lowest BCUT2D eigenvalue weighted by atomic mass is 10.0. The first-order valence-corrected chi connectivity index (χ1v) is 14.9. The highest BCUT2D eigenvalue weighted by Crippen LogP contribution is 2.37. The Morgan fingerprint density at radius 1 is 0.902 bits per heavy atom. The Labute approximate surface area is 249 Å². The van der Waals surface area contributed by atoms with E-state index >= 15 is 0 Å². The molecule has 3 amide bonds. The van der Waals surface area contributed by atoms with Crippen LogP contribution in [0.5, 0.6) is 0 Å². The van der Waals surface area contributed by atoms with Crippen molar-refractivity contribution in [2.75, 3.05) is 18.0 Å². The lowest BCUT2D eigenvalue weighted by Gasteiger charge is -2.32. The Balaban J connectivity index is 1.36. The van der Waals surface area contributed by atoms with Crippen LogP contribution in [0, 0.1) is 0 Å². The van der Waals surface area contributed by atoms with Gasteiger partial charge in [-0.05, 0) is 53.6 Å². The zero-order valence-electron chi connectivity index (χ0n) is 23.2. The van der Waals surface area contributed by atoms with E-state index in [2.05, 4.69) is 21.2 Å². The normalized spacial score (nSPS) is 12.9. The molecule has 0 spiro atoms. The van der Waals surface area contributed by atoms with Crippen LogP contribution in [0.4, 0.5) is 5.69 Å². The monoisotopic (exact) mass is 611 g/mol. The number of hydrogen-bond acceptors (Lipinski definition) is 3. The molecule has 1 atom stereocenters. The minimum atomic E-state index is -0.661. The smallest absolute Gasteiger partial charge is 0.258 e. The molecular formula is C34H34BrN3O3. The third kappa shape index (κ3) is 6.51. The number of amides is 3. The molecule has 0 saturated carbocycles. The van der Waals surface area contributed by atoms with E-state index in [-0.39, 0.29) is 24.1 Å². The lowest BCUT2D eigenvalue weighted by Crippen LogP contribution is -2.50. The average molecular weight is 613 g/mol. The molecular weight excluding hydrogens is 578 g/mol. The van der Waals surface area contributed by atoms with Crippen LogP contribution in [0.1, 0.15) is 47.7 Å². The summed E-state index contributed by atoms with van der Waals surface area (Å²) in [4.78, 5) is 44.1. The Hall–Kier alpha value is -3.97. The van der Waals surface area contributed by atoms with Crippen molar-refractivity contribution in [3.8, 4) is 0 Å². The van der Waals surface area contributed by atoms with Crippen LogP contribution in [-0.2, 0) is 22.6 Å². The molecule has 0 radical (unpaired) electrons. The van der Waals surface area contributed by atoms with Crippen molar-refractivity contribution in [2.45, 2.75) is 45.2 Å². The van der Waals surface area contributed by atoms with Crippen molar-refractivity contribution in [1.29, 1.82) is 0 Å². The van der Waals surface area contributed by atoms with E-state index in [4.69, 9.17) is 0 Å². The number of rotatable bonds is 12. The van der Waals surface area contributed by atoms with Gasteiger partial charge in [-0.1, -0.05) is 89.6 Å². The third-order valence-electron chi connectivity index (χ3n) is 7.51. The maximum Gasteiger partial charge on any atom is 0.258 e. The quantitative estimate of drug-likeness (QED) is 0.198. The first-order valence-electron chi connectivity index (χ1n) is 14.2. The lowest BCUT2D eigenvalue weighted by molar-refractivity contribution is -0.141. The van der Waals surface area contributed by atoms with Crippen LogP contribution < -0.4 is 10.2 Å². The van der Waals surface area contributed by atoms with Gasteiger partial charge in [-0.2, -0.15) is 0 Å². The molecule has 7 heteroatoms. The van der Waals surface area contributed by atoms with Crippen molar-refractivity contribution in [3.63, 3.8) is 0 Å². The minimum absolute atomic E-state index is 0.0307. The first-order chi connectivity index (χ1) is 20.0. The summed E-state index contributed by atoms with van der Waals surface area (Å²) in [5, 5.41) is 5.03. The zero-order chi connectivity index (χ0) is 28.8. The van der Waals surface area contributed by atoms with E-state index in [1.807, 2.05) is 97.9 Å². The van der Waals surface area contributed by atoms with Gasteiger partial charge in [-0.25, -0.2) is 0 Å². The van der Waals surface area contributed by atoms with Gasteiger partial charge in [0.15, 0.2) is 0 Å². The molecule has 4 aromatic rings. The number of nitrogens with one attached hydrogen (secondary N) is 1. The second kappa shape index (κ2) is 13.1. The number of carbonyl (C=O) groups is 3. The Kier molecular flexibility index (Phi) is 9.14. The fourth-order valence-corrected chi connectivity index (χ4v) is 5.70. The molecule has 1 heterocycles.